The van der Waals surface area contributed by atoms with Crippen LogP contribution >= 0.6 is 11.8 Å². The van der Waals surface area contributed by atoms with Crippen molar-refractivity contribution in [3.63, 3.8) is 0 Å². The van der Waals surface area contributed by atoms with Crippen LogP contribution in [0.15, 0.2) is 90.2 Å². The Hall–Kier alpha value is -3.71. The third-order valence-corrected chi connectivity index (χ3v) is 5.94. The molecule has 7 heteroatoms. The number of carbonyl (C=O) groups excluding carboxylic acids is 2. The standard InChI is InChI=1S/C25H22N4O2S/c1-17(18-9-3-2-4-10-18)28-24(31)19-11-5-8-14-22(19)29-23(30)15-32-25-20-12-6-7-13-21(20)26-16-27-25/h2-14,16-17H,15H2,1H3,(H,28,31)(H,29,30). The van der Waals surface area contributed by atoms with E-state index in [0.717, 1.165) is 21.5 Å². The van der Waals surface area contributed by atoms with Gasteiger partial charge in [-0.15, -0.1) is 0 Å². The molecule has 0 bridgehead atoms. The van der Waals surface area contributed by atoms with Crippen LogP contribution in [-0.2, 0) is 4.79 Å². The maximum absolute atomic E-state index is 12.9. The van der Waals surface area contributed by atoms with E-state index >= 15 is 0 Å². The summed E-state index contributed by atoms with van der Waals surface area (Å²) < 4.78 is 0. The molecule has 0 radical (unpaired) electrons. The van der Waals surface area contributed by atoms with Crippen LogP contribution in [-0.4, -0.2) is 27.5 Å². The van der Waals surface area contributed by atoms with Gasteiger partial charge in [-0.3, -0.25) is 9.59 Å². The molecule has 1 atom stereocenters. The van der Waals surface area contributed by atoms with Crippen molar-refractivity contribution >= 4 is 40.2 Å². The van der Waals surface area contributed by atoms with Gasteiger partial charge in [-0.05, 0) is 30.7 Å². The molecule has 0 aliphatic heterocycles. The lowest BCUT2D eigenvalue weighted by molar-refractivity contribution is -0.113. The van der Waals surface area contributed by atoms with Crippen molar-refractivity contribution in [2.75, 3.05) is 11.1 Å². The van der Waals surface area contributed by atoms with Crippen LogP contribution in [0.25, 0.3) is 10.9 Å². The molecule has 2 N–H and O–H groups in total. The van der Waals surface area contributed by atoms with Crippen LogP contribution in [0.5, 0.6) is 0 Å². The van der Waals surface area contributed by atoms with E-state index in [0.29, 0.717) is 11.3 Å². The minimum Gasteiger partial charge on any atom is -0.345 e. The normalized spacial score (nSPS) is 11.7. The fraction of sp³-hybridized carbons (Fsp3) is 0.120. The van der Waals surface area contributed by atoms with E-state index in [9.17, 15) is 9.59 Å². The minimum atomic E-state index is -0.244. The second-order valence-corrected chi connectivity index (χ2v) is 8.15. The number of benzene rings is 3. The van der Waals surface area contributed by atoms with E-state index in [1.165, 1.54) is 18.1 Å². The highest BCUT2D eigenvalue weighted by molar-refractivity contribution is 8.00. The number of nitrogens with one attached hydrogen (secondary N) is 2. The molecule has 0 spiro atoms. The SMILES string of the molecule is CC(NC(=O)c1ccccc1NC(=O)CSc1ncnc2ccccc12)c1ccccc1. The number of hydrogen-bond acceptors (Lipinski definition) is 5. The van der Waals surface area contributed by atoms with E-state index in [2.05, 4.69) is 20.6 Å². The van der Waals surface area contributed by atoms with Crippen molar-refractivity contribution < 1.29 is 9.59 Å². The summed E-state index contributed by atoms with van der Waals surface area (Å²) in [6.45, 7) is 1.93. The first-order valence-electron chi connectivity index (χ1n) is 10.2. The molecule has 0 aliphatic rings. The smallest absolute Gasteiger partial charge is 0.253 e. The zero-order valence-electron chi connectivity index (χ0n) is 17.5. The van der Waals surface area contributed by atoms with Gasteiger partial charge in [0.1, 0.15) is 11.4 Å². The quantitative estimate of drug-likeness (QED) is 0.316. The first-order valence-corrected chi connectivity index (χ1v) is 11.2. The highest BCUT2D eigenvalue weighted by atomic mass is 32.2. The number of carbonyl (C=O) groups is 2. The molecule has 1 aromatic heterocycles. The lowest BCUT2D eigenvalue weighted by atomic mass is 10.1. The zero-order chi connectivity index (χ0) is 22.3. The molecule has 0 saturated heterocycles. The predicted octanol–water partition coefficient (Wildman–Crippen LogP) is 4.85. The average Bonchev–Trinajstić information content (AvgIpc) is 2.83. The fourth-order valence-electron chi connectivity index (χ4n) is 3.30. The summed E-state index contributed by atoms with van der Waals surface area (Å²) in [5.74, 6) is -0.294. The van der Waals surface area contributed by atoms with Gasteiger partial charge in [0.15, 0.2) is 0 Å². The number of nitrogens with zero attached hydrogens (tertiary/aromatic N) is 2. The summed E-state index contributed by atoms with van der Waals surface area (Å²) in [6, 6.07) is 24.2. The van der Waals surface area contributed by atoms with Crippen molar-refractivity contribution in [1.82, 2.24) is 15.3 Å². The van der Waals surface area contributed by atoms with Crippen LogP contribution in [0, 0.1) is 0 Å². The van der Waals surface area contributed by atoms with Crippen LogP contribution in [0.2, 0.25) is 0 Å². The molecule has 2 amide bonds. The number of thioether (sulfide) groups is 1. The molecule has 1 heterocycles. The second-order valence-electron chi connectivity index (χ2n) is 7.18. The predicted molar refractivity (Wildman–Crippen MR) is 128 cm³/mol. The van der Waals surface area contributed by atoms with Gasteiger partial charge in [0, 0.05) is 5.39 Å². The Morgan fingerprint density at radius 1 is 0.906 bits per heavy atom. The Morgan fingerprint density at radius 2 is 1.62 bits per heavy atom. The number of anilines is 1. The molecule has 1 unspecified atom stereocenters. The molecule has 160 valence electrons. The second kappa shape index (κ2) is 10.1. The van der Waals surface area contributed by atoms with Gasteiger partial charge in [-0.2, -0.15) is 0 Å². The van der Waals surface area contributed by atoms with Gasteiger partial charge >= 0.3 is 0 Å². The van der Waals surface area contributed by atoms with Crippen LogP contribution in [0.1, 0.15) is 28.9 Å². The number of rotatable bonds is 7. The zero-order valence-corrected chi connectivity index (χ0v) is 18.3. The first kappa shape index (κ1) is 21.5. The molecule has 3 aromatic carbocycles. The van der Waals surface area contributed by atoms with Crippen molar-refractivity contribution in [2.24, 2.45) is 0 Å². The maximum atomic E-state index is 12.9. The van der Waals surface area contributed by atoms with Crippen LogP contribution < -0.4 is 10.6 Å². The fourth-order valence-corrected chi connectivity index (χ4v) is 4.09. The van der Waals surface area contributed by atoms with Crippen molar-refractivity contribution in [3.8, 4) is 0 Å². The molecule has 0 fully saturated rings. The first-order chi connectivity index (χ1) is 15.6. The Balaban J connectivity index is 1.42. The number of hydrogen-bond donors (Lipinski definition) is 2. The molecule has 6 nitrogen and oxygen atoms in total. The summed E-state index contributed by atoms with van der Waals surface area (Å²) in [6.07, 6.45) is 1.50. The van der Waals surface area contributed by atoms with Gasteiger partial charge < -0.3 is 10.6 Å². The minimum absolute atomic E-state index is 0.158. The van der Waals surface area contributed by atoms with Gasteiger partial charge in [0.05, 0.1) is 28.6 Å². The van der Waals surface area contributed by atoms with E-state index in [4.69, 9.17) is 0 Å². The summed E-state index contributed by atoms with van der Waals surface area (Å²) >= 11 is 1.34. The maximum Gasteiger partial charge on any atom is 0.253 e. The molecule has 4 aromatic rings. The van der Waals surface area contributed by atoms with Gasteiger partial charge in [0.2, 0.25) is 5.91 Å². The Labute approximate surface area is 190 Å². The van der Waals surface area contributed by atoms with E-state index < -0.39 is 0 Å². The van der Waals surface area contributed by atoms with Crippen molar-refractivity contribution in [3.05, 3.63) is 96.3 Å². The molecule has 0 saturated carbocycles. The molecule has 32 heavy (non-hydrogen) atoms. The highest BCUT2D eigenvalue weighted by Gasteiger charge is 2.16. The third kappa shape index (κ3) is 5.12. The van der Waals surface area contributed by atoms with E-state index in [1.807, 2.05) is 61.5 Å². The lowest BCUT2D eigenvalue weighted by Gasteiger charge is -2.16. The van der Waals surface area contributed by atoms with Gasteiger partial charge in [0.25, 0.3) is 5.91 Å². The van der Waals surface area contributed by atoms with Crippen molar-refractivity contribution in [2.45, 2.75) is 18.0 Å². The topological polar surface area (TPSA) is 84.0 Å². The van der Waals surface area contributed by atoms with E-state index in [1.54, 1.807) is 24.3 Å². The van der Waals surface area contributed by atoms with Crippen LogP contribution in [0.3, 0.4) is 0 Å². The molecule has 0 aliphatic carbocycles. The Bertz CT molecular complexity index is 1240. The highest BCUT2D eigenvalue weighted by Crippen LogP contribution is 2.25. The van der Waals surface area contributed by atoms with Crippen LogP contribution in [0.4, 0.5) is 5.69 Å². The van der Waals surface area contributed by atoms with Gasteiger partial charge in [-0.1, -0.05) is 72.4 Å². The van der Waals surface area contributed by atoms with Crippen molar-refractivity contribution in [1.29, 1.82) is 0 Å². The Kier molecular flexibility index (Phi) is 6.77. The number of fused-ring (bicyclic) bond motifs is 1. The number of amides is 2. The molecular formula is C25H22N4O2S. The largest absolute Gasteiger partial charge is 0.345 e. The summed E-state index contributed by atoms with van der Waals surface area (Å²) in [4.78, 5) is 34.0. The third-order valence-electron chi connectivity index (χ3n) is 4.94. The Morgan fingerprint density at radius 3 is 2.47 bits per heavy atom. The summed E-state index contributed by atoms with van der Waals surface area (Å²) in [7, 11) is 0. The average molecular weight is 443 g/mol. The number of aromatic nitrogens is 2. The van der Waals surface area contributed by atoms with E-state index in [-0.39, 0.29) is 23.6 Å². The molecule has 4 rings (SSSR count). The number of para-hydroxylation sites is 2. The molecular weight excluding hydrogens is 420 g/mol. The summed E-state index contributed by atoms with van der Waals surface area (Å²) in [5, 5.41) is 7.50. The lowest BCUT2D eigenvalue weighted by Crippen LogP contribution is -2.28. The monoisotopic (exact) mass is 442 g/mol. The van der Waals surface area contributed by atoms with Gasteiger partial charge in [-0.25, -0.2) is 9.97 Å². The summed E-state index contributed by atoms with van der Waals surface area (Å²) in [5.41, 5.74) is 2.74.